The molecule has 1 aliphatic heterocycles. The third kappa shape index (κ3) is 1.14. The Hall–Kier alpha value is -1.58. The van der Waals surface area contributed by atoms with E-state index in [2.05, 4.69) is 10.6 Å². The molecule has 1 unspecified atom stereocenters. The van der Waals surface area contributed by atoms with E-state index in [-0.39, 0.29) is 5.82 Å². The van der Waals surface area contributed by atoms with E-state index in [4.69, 9.17) is 0 Å². The second-order valence-corrected chi connectivity index (χ2v) is 3.23. The van der Waals surface area contributed by atoms with Crippen LogP contribution in [-0.4, -0.2) is 11.9 Å². The highest BCUT2D eigenvalue weighted by molar-refractivity contribution is 5.86. The molecule has 2 N–H and O–H groups in total. The van der Waals surface area contributed by atoms with E-state index in [1.165, 1.54) is 6.07 Å². The maximum atomic E-state index is 13.2. The topological polar surface area (TPSA) is 41.1 Å². The maximum absolute atomic E-state index is 13.2. The highest BCUT2D eigenvalue weighted by Gasteiger charge is 2.32. The molecule has 0 radical (unpaired) electrons. The van der Waals surface area contributed by atoms with Gasteiger partial charge in [0.2, 0.25) is 0 Å². The number of nitrogens with one attached hydrogen (secondary N) is 2. The maximum Gasteiger partial charge on any atom is 0.165 e. The van der Waals surface area contributed by atoms with Crippen molar-refractivity contribution in [2.45, 2.75) is 12.6 Å². The van der Waals surface area contributed by atoms with Gasteiger partial charge in [0.05, 0.1) is 11.4 Å². The first-order valence-electron chi connectivity index (χ1n) is 3.96. The number of anilines is 2. The van der Waals surface area contributed by atoms with Gasteiger partial charge in [0.15, 0.2) is 11.9 Å². The summed E-state index contributed by atoms with van der Waals surface area (Å²) in [7, 11) is 0. The van der Waals surface area contributed by atoms with Crippen LogP contribution in [0.5, 0.6) is 0 Å². The fraction of sp³-hybridized carbons (Fsp3) is 0.222. The number of hydrogen-bond donors (Lipinski definition) is 2. The van der Waals surface area contributed by atoms with Crippen molar-refractivity contribution in [3.8, 4) is 0 Å². The van der Waals surface area contributed by atoms with Gasteiger partial charge in [-0.3, -0.25) is 4.79 Å². The van der Waals surface area contributed by atoms with Crippen LogP contribution >= 0.6 is 0 Å². The molecule has 0 aliphatic carbocycles. The van der Waals surface area contributed by atoms with Gasteiger partial charge in [-0.05, 0) is 19.1 Å². The minimum atomic E-state index is -0.884. The third-order valence-electron chi connectivity index (χ3n) is 2.03. The summed E-state index contributed by atoms with van der Waals surface area (Å²) >= 11 is 0. The summed E-state index contributed by atoms with van der Waals surface area (Å²) in [4.78, 5) is 10.7. The van der Waals surface area contributed by atoms with Crippen molar-refractivity contribution >= 4 is 17.7 Å². The van der Waals surface area contributed by atoms with Gasteiger partial charge in [0.1, 0.15) is 5.82 Å². The van der Waals surface area contributed by atoms with Crippen molar-refractivity contribution < 1.29 is 9.18 Å². The molecule has 0 bridgehead atoms. The van der Waals surface area contributed by atoms with Crippen LogP contribution in [0.1, 0.15) is 6.92 Å². The smallest absolute Gasteiger partial charge is 0.165 e. The summed E-state index contributed by atoms with van der Waals surface area (Å²) in [5, 5.41) is 5.66. The van der Waals surface area contributed by atoms with E-state index in [0.717, 1.165) is 0 Å². The molecule has 0 saturated heterocycles. The van der Waals surface area contributed by atoms with Crippen molar-refractivity contribution in [2.24, 2.45) is 0 Å². The van der Waals surface area contributed by atoms with Crippen LogP contribution in [0.4, 0.5) is 15.8 Å². The molecule has 13 heavy (non-hydrogen) atoms. The van der Waals surface area contributed by atoms with Gasteiger partial charge in [-0.15, -0.1) is 0 Å². The zero-order valence-corrected chi connectivity index (χ0v) is 7.10. The van der Waals surface area contributed by atoms with Gasteiger partial charge >= 0.3 is 0 Å². The molecule has 3 nitrogen and oxygen atoms in total. The molecular weight excluding hydrogens is 171 g/mol. The van der Waals surface area contributed by atoms with Crippen LogP contribution in [0.15, 0.2) is 18.2 Å². The molecule has 1 heterocycles. The van der Waals surface area contributed by atoms with Crippen LogP contribution < -0.4 is 10.6 Å². The van der Waals surface area contributed by atoms with Crippen molar-refractivity contribution in [1.29, 1.82) is 0 Å². The van der Waals surface area contributed by atoms with Crippen molar-refractivity contribution in [3.05, 3.63) is 24.0 Å². The van der Waals surface area contributed by atoms with E-state index in [0.29, 0.717) is 17.7 Å². The lowest BCUT2D eigenvalue weighted by molar-refractivity contribution is -0.110. The molecule has 2 rings (SSSR count). The Morgan fingerprint density at radius 1 is 1.46 bits per heavy atom. The van der Waals surface area contributed by atoms with Gasteiger partial charge in [-0.25, -0.2) is 4.39 Å². The highest BCUT2D eigenvalue weighted by Crippen LogP contribution is 2.34. The van der Waals surface area contributed by atoms with Crippen LogP contribution in [0, 0.1) is 5.82 Å². The number of para-hydroxylation sites is 1. The standard InChI is InChI=1S/C9H9FN2O/c1-9(5-13)11-7-4-2-3-6(10)8(7)12-9/h2-5,11-12H,1H3. The number of fused-ring (bicyclic) bond motifs is 1. The van der Waals surface area contributed by atoms with E-state index >= 15 is 0 Å². The first-order valence-corrected chi connectivity index (χ1v) is 3.96. The molecule has 0 amide bonds. The second-order valence-electron chi connectivity index (χ2n) is 3.23. The number of carbonyl (C=O) groups excluding carboxylic acids is 1. The third-order valence-corrected chi connectivity index (χ3v) is 2.03. The molecule has 0 saturated carbocycles. The Balaban J connectivity index is 2.46. The minimum absolute atomic E-state index is 0.351. The summed E-state index contributed by atoms with van der Waals surface area (Å²) in [6.45, 7) is 1.65. The monoisotopic (exact) mass is 180 g/mol. The fourth-order valence-electron chi connectivity index (χ4n) is 1.38. The van der Waals surface area contributed by atoms with E-state index < -0.39 is 5.66 Å². The number of rotatable bonds is 1. The summed E-state index contributed by atoms with van der Waals surface area (Å²) < 4.78 is 13.2. The zero-order valence-electron chi connectivity index (χ0n) is 7.10. The number of hydrogen-bond acceptors (Lipinski definition) is 3. The Bertz CT molecular complexity index is 367. The average Bonchev–Trinajstić information content (AvgIpc) is 2.45. The van der Waals surface area contributed by atoms with Gasteiger partial charge < -0.3 is 10.6 Å². The Morgan fingerprint density at radius 3 is 2.85 bits per heavy atom. The predicted molar refractivity (Wildman–Crippen MR) is 48.1 cm³/mol. The van der Waals surface area contributed by atoms with E-state index in [1.54, 1.807) is 19.1 Å². The van der Waals surface area contributed by atoms with Gasteiger partial charge in [0, 0.05) is 0 Å². The lowest BCUT2D eigenvalue weighted by Gasteiger charge is -2.17. The Labute approximate surface area is 74.9 Å². The first-order chi connectivity index (χ1) is 6.14. The van der Waals surface area contributed by atoms with E-state index in [1.807, 2.05) is 0 Å². The summed E-state index contributed by atoms with van der Waals surface area (Å²) in [5.74, 6) is -0.351. The second kappa shape index (κ2) is 2.45. The largest absolute Gasteiger partial charge is 0.355 e. The van der Waals surface area contributed by atoms with Crippen LogP contribution in [0.2, 0.25) is 0 Å². The average molecular weight is 180 g/mol. The normalized spacial score (nSPS) is 24.5. The van der Waals surface area contributed by atoms with Gasteiger partial charge in [-0.1, -0.05) is 6.07 Å². The lowest BCUT2D eigenvalue weighted by Crippen LogP contribution is -2.39. The van der Waals surface area contributed by atoms with Crippen molar-refractivity contribution in [2.75, 3.05) is 10.6 Å². The molecule has 1 atom stereocenters. The van der Waals surface area contributed by atoms with Gasteiger partial charge in [-0.2, -0.15) is 0 Å². The zero-order chi connectivity index (χ0) is 9.47. The van der Waals surface area contributed by atoms with Crippen molar-refractivity contribution in [1.82, 2.24) is 0 Å². The first kappa shape index (κ1) is 8.04. The quantitative estimate of drug-likeness (QED) is 0.644. The van der Waals surface area contributed by atoms with Crippen molar-refractivity contribution in [3.63, 3.8) is 0 Å². The van der Waals surface area contributed by atoms with Gasteiger partial charge in [0.25, 0.3) is 0 Å². The lowest BCUT2D eigenvalue weighted by atomic mass is 10.2. The number of aldehydes is 1. The minimum Gasteiger partial charge on any atom is -0.355 e. The Morgan fingerprint density at radius 2 is 2.23 bits per heavy atom. The molecule has 1 aromatic rings. The molecule has 1 aromatic carbocycles. The predicted octanol–water partition coefficient (Wildman–Crippen LogP) is 1.58. The van der Waals surface area contributed by atoms with Crippen LogP contribution in [-0.2, 0) is 4.79 Å². The molecule has 0 aromatic heterocycles. The summed E-state index contributed by atoms with van der Waals surface area (Å²) in [5.41, 5.74) is 0.0940. The molecule has 0 spiro atoms. The molecular formula is C9H9FN2O. The van der Waals surface area contributed by atoms with Crippen LogP contribution in [0.25, 0.3) is 0 Å². The molecule has 68 valence electrons. The molecule has 0 fully saturated rings. The van der Waals surface area contributed by atoms with Crippen LogP contribution in [0.3, 0.4) is 0 Å². The number of halogens is 1. The number of benzene rings is 1. The Kier molecular flexibility index (Phi) is 1.52. The molecule has 1 aliphatic rings. The molecule has 4 heteroatoms. The summed E-state index contributed by atoms with van der Waals surface area (Å²) in [6, 6.07) is 4.67. The SMILES string of the molecule is CC1(C=O)Nc2cccc(F)c2N1. The summed E-state index contributed by atoms with van der Waals surface area (Å²) in [6.07, 6.45) is 0.715. The fourth-order valence-corrected chi connectivity index (χ4v) is 1.38. The number of carbonyl (C=O) groups is 1. The highest BCUT2D eigenvalue weighted by atomic mass is 19.1. The van der Waals surface area contributed by atoms with E-state index in [9.17, 15) is 9.18 Å².